The third-order valence-corrected chi connectivity index (χ3v) is 24.4. The normalized spacial score (nSPS) is 11.3. The zero-order valence-electron chi connectivity index (χ0n) is 69.2. The van der Waals surface area contributed by atoms with Crippen LogP contribution in [0, 0.1) is 0 Å². The molecule has 0 amide bonds. The summed E-state index contributed by atoms with van der Waals surface area (Å²) < 4.78 is 0. The van der Waals surface area contributed by atoms with Crippen LogP contribution in [-0.2, 0) is 0 Å². The zero-order valence-corrected chi connectivity index (χ0v) is 69.2. The van der Waals surface area contributed by atoms with Gasteiger partial charge in [-0.3, -0.25) is 0 Å². The van der Waals surface area contributed by atoms with E-state index in [4.69, 9.17) is 0 Å². The topological polar surface area (TPSA) is 19.4 Å². The van der Waals surface area contributed by atoms with Crippen LogP contribution >= 0.6 is 0 Å². The molecule has 0 atom stereocenters. The number of hydrogen-bond acceptors (Lipinski definition) is 6. The minimum absolute atomic E-state index is 0.987. The minimum Gasteiger partial charge on any atom is -0.310 e. The van der Waals surface area contributed by atoms with Gasteiger partial charge in [0.2, 0.25) is 0 Å². The monoisotopic (exact) mass is 1610 g/mol. The van der Waals surface area contributed by atoms with Crippen molar-refractivity contribution in [2.24, 2.45) is 0 Å². The van der Waals surface area contributed by atoms with Crippen LogP contribution in [0.2, 0.25) is 0 Å². The van der Waals surface area contributed by atoms with Crippen LogP contribution in [0.25, 0.3) is 98.0 Å². The van der Waals surface area contributed by atoms with Gasteiger partial charge >= 0.3 is 0 Å². The van der Waals surface area contributed by atoms with Gasteiger partial charge in [0.15, 0.2) is 0 Å². The molecule has 22 rings (SSSR count). The number of anilines is 18. The van der Waals surface area contributed by atoms with Crippen LogP contribution in [0.15, 0.2) is 510 Å². The zero-order chi connectivity index (χ0) is 83.6. The molecule has 126 heavy (non-hydrogen) atoms. The van der Waals surface area contributed by atoms with Crippen molar-refractivity contribution in [2.45, 2.75) is 0 Å². The summed E-state index contributed by atoms with van der Waals surface area (Å²) in [6.07, 6.45) is 0. The highest BCUT2D eigenvalue weighted by Crippen LogP contribution is 2.52. The van der Waals surface area contributed by atoms with Gasteiger partial charge in [0.1, 0.15) is 0 Å². The molecular weight excluding hydrogens is 1530 g/mol. The van der Waals surface area contributed by atoms with E-state index in [1.165, 1.54) is 26.9 Å². The number of rotatable bonds is 21. The van der Waals surface area contributed by atoms with Crippen molar-refractivity contribution < 1.29 is 0 Å². The number of hydrogen-bond donors (Lipinski definition) is 0. The lowest BCUT2D eigenvalue weighted by atomic mass is 9.95. The van der Waals surface area contributed by atoms with Crippen molar-refractivity contribution in [1.82, 2.24) is 0 Å². The van der Waals surface area contributed by atoms with E-state index in [0.717, 1.165) is 173 Å². The maximum atomic E-state index is 2.49. The highest BCUT2D eigenvalue weighted by atomic mass is 15.2. The quantitative estimate of drug-likeness (QED) is 0.0709. The molecular formula is C120H84N6. The first-order valence-corrected chi connectivity index (χ1v) is 43.1. The van der Waals surface area contributed by atoms with Gasteiger partial charge in [0.05, 0.1) is 22.7 Å². The summed E-state index contributed by atoms with van der Waals surface area (Å²) >= 11 is 0. The van der Waals surface area contributed by atoms with E-state index in [9.17, 15) is 0 Å². The van der Waals surface area contributed by atoms with Gasteiger partial charge in [-0.15, -0.1) is 0 Å². The Morgan fingerprint density at radius 3 is 0.770 bits per heavy atom. The third kappa shape index (κ3) is 14.6. The van der Waals surface area contributed by atoms with Gasteiger partial charge in [-0.25, -0.2) is 0 Å². The lowest BCUT2D eigenvalue weighted by molar-refractivity contribution is 1.26. The van der Waals surface area contributed by atoms with Crippen molar-refractivity contribution >= 4 is 167 Å². The maximum absolute atomic E-state index is 2.49. The van der Waals surface area contributed by atoms with E-state index >= 15 is 0 Å². The molecule has 0 aliphatic heterocycles. The SMILES string of the molecule is c1ccc(N(c2ccc(-c3cc(N(c4ccccc4)c4cccc5ccccc45)cc(N(c4cccc(-c5ccc(N(c6ccccc6)c6cc(-c7ccc(N(c8ccccc8)c8cccc9ccccc89)cc7)cc(N(c7ccccc7)c7ccc8ccccc8c7)c6)c6ccccc56)c4)c4cccc5ccccc45)c3)cc2)c2ccc3ccccc3c2)cc1. The van der Waals surface area contributed by atoms with E-state index in [0.29, 0.717) is 0 Å². The molecule has 0 saturated heterocycles. The van der Waals surface area contributed by atoms with Crippen molar-refractivity contribution in [3.8, 4) is 33.4 Å². The van der Waals surface area contributed by atoms with E-state index in [2.05, 4.69) is 539 Å². The van der Waals surface area contributed by atoms with Gasteiger partial charge < -0.3 is 29.4 Å². The molecule has 0 radical (unpaired) electrons. The maximum Gasteiger partial charge on any atom is 0.0540 e. The second-order valence-electron chi connectivity index (χ2n) is 32.0. The standard InChI is InChI=1S/C120H84N6/c1-6-43-97(44-7-1)121(105-72-66-85-32-16-18-37-92(85)76-105)102-68-62-87(63-69-102)96-81-109(124(100-49-12-4-13-50-100)118-60-30-40-90-35-21-24-55-113(90)118)84-110(82-96)126(119-61-31-41-91-36-22-25-56-114(91)119)104-53-28-42-94(78-104)111-74-75-120(116-58-27-26-57-115(111)116)125(101-51-14-5-15-52-101)108-80-95(79-107(83-108)122(98-45-8-2-9-46-98)106-73-67-86-33-17-19-38-93(86)77-106)88-64-70-103(71-65-88)123(99-47-10-3-11-48-99)117-59-29-39-89-34-20-23-54-112(89)117/h1-84H. The summed E-state index contributed by atoms with van der Waals surface area (Å²) in [5, 5.41) is 13.9. The summed E-state index contributed by atoms with van der Waals surface area (Å²) in [6.45, 7) is 0. The molecule has 0 spiro atoms. The first-order valence-electron chi connectivity index (χ1n) is 43.1. The Morgan fingerprint density at radius 1 is 0.103 bits per heavy atom. The van der Waals surface area contributed by atoms with E-state index in [1.54, 1.807) is 0 Å². The lowest BCUT2D eigenvalue weighted by Gasteiger charge is -2.32. The Bertz CT molecular complexity index is 7720. The summed E-state index contributed by atoms with van der Waals surface area (Å²) in [6, 6.07) is 186. The fraction of sp³-hybridized carbons (Fsp3) is 0. The third-order valence-electron chi connectivity index (χ3n) is 24.4. The highest BCUT2D eigenvalue weighted by molar-refractivity contribution is 6.09. The Kier molecular flexibility index (Phi) is 19.9. The fourth-order valence-corrected chi connectivity index (χ4v) is 18.5. The summed E-state index contributed by atoms with van der Waals surface area (Å²) in [4.78, 5) is 14.5. The van der Waals surface area contributed by atoms with Crippen molar-refractivity contribution in [1.29, 1.82) is 0 Å². The van der Waals surface area contributed by atoms with Gasteiger partial charge in [-0.05, 0) is 258 Å². The molecule has 0 aromatic heterocycles. The summed E-state index contributed by atoms with van der Waals surface area (Å²) in [7, 11) is 0. The van der Waals surface area contributed by atoms with Crippen molar-refractivity contribution in [2.75, 3.05) is 29.4 Å². The Labute approximate surface area is 734 Å². The molecule has 0 unspecified atom stereocenters. The van der Waals surface area contributed by atoms with Crippen LogP contribution in [0.5, 0.6) is 0 Å². The first-order chi connectivity index (χ1) is 62.5. The molecule has 0 fully saturated rings. The molecule has 0 bridgehead atoms. The predicted octanol–water partition coefficient (Wildman–Crippen LogP) is 34.4. The second kappa shape index (κ2) is 33.3. The summed E-state index contributed by atoms with van der Waals surface area (Å²) in [5.41, 5.74) is 25.2. The predicted molar refractivity (Wildman–Crippen MR) is 536 cm³/mol. The largest absolute Gasteiger partial charge is 0.310 e. The minimum atomic E-state index is 0.987. The van der Waals surface area contributed by atoms with Gasteiger partial charge in [-0.1, -0.05) is 328 Å². The molecule has 22 aromatic rings. The number of fused-ring (bicyclic) bond motifs is 6. The first kappa shape index (κ1) is 75.4. The average molecular weight is 1610 g/mol. The van der Waals surface area contributed by atoms with Crippen molar-refractivity contribution in [3.05, 3.63) is 510 Å². The number of para-hydroxylation sites is 5. The van der Waals surface area contributed by atoms with E-state index < -0.39 is 0 Å². The van der Waals surface area contributed by atoms with Crippen LogP contribution < -0.4 is 29.4 Å². The Morgan fingerprint density at radius 2 is 0.357 bits per heavy atom. The number of benzene rings is 22. The average Bonchev–Trinajstić information content (AvgIpc) is 0.727. The van der Waals surface area contributed by atoms with Crippen LogP contribution in [0.1, 0.15) is 0 Å². The molecule has 594 valence electrons. The molecule has 6 nitrogen and oxygen atoms in total. The highest BCUT2D eigenvalue weighted by Gasteiger charge is 2.27. The second-order valence-corrected chi connectivity index (χ2v) is 32.0. The molecule has 0 aliphatic rings. The van der Waals surface area contributed by atoms with Gasteiger partial charge in [-0.2, -0.15) is 0 Å². The molecule has 22 aromatic carbocycles. The molecule has 0 heterocycles. The van der Waals surface area contributed by atoms with Crippen LogP contribution in [0.3, 0.4) is 0 Å². The Balaban J connectivity index is 0.714. The Hall–Kier alpha value is -16.8. The van der Waals surface area contributed by atoms with Gasteiger partial charge in [0, 0.05) is 101 Å². The van der Waals surface area contributed by atoms with Gasteiger partial charge in [0.25, 0.3) is 0 Å². The lowest BCUT2D eigenvalue weighted by Crippen LogP contribution is -2.14. The molecule has 0 saturated carbocycles. The fourth-order valence-electron chi connectivity index (χ4n) is 18.5. The smallest absolute Gasteiger partial charge is 0.0540 e. The van der Waals surface area contributed by atoms with Crippen LogP contribution in [-0.4, -0.2) is 0 Å². The molecule has 0 aliphatic carbocycles. The summed E-state index contributed by atoms with van der Waals surface area (Å²) in [5.74, 6) is 0. The van der Waals surface area contributed by atoms with E-state index in [-0.39, 0.29) is 0 Å². The van der Waals surface area contributed by atoms with E-state index in [1.807, 2.05) is 0 Å². The number of nitrogens with zero attached hydrogens (tertiary/aromatic N) is 6. The molecule has 6 heteroatoms. The van der Waals surface area contributed by atoms with Crippen LogP contribution in [0.4, 0.5) is 102 Å². The molecule has 0 N–H and O–H groups in total. The van der Waals surface area contributed by atoms with Crippen molar-refractivity contribution in [3.63, 3.8) is 0 Å².